The zero-order chi connectivity index (χ0) is 18.9. The van der Waals surface area contributed by atoms with Gasteiger partial charge < -0.3 is 19.7 Å². The van der Waals surface area contributed by atoms with Crippen molar-refractivity contribution in [2.45, 2.75) is 27.3 Å². The Morgan fingerprint density at radius 3 is 2.46 bits per heavy atom. The van der Waals surface area contributed by atoms with Crippen molar-refractivity contribution in [1.29, 1.82) is 0 Å². The first-order chi connectivity index (χ1) is 12.6. The molecule has 0 radical (unpaired) electrons. The maximum absolute atomic E-state index is 5.51. The maximum Gasteiger partial charge on any atom is 0.194 e. The van der Waals surface area contributed by atoms with Gasteiger partial charge >= 0.3 is 0 Å². The van der Waals surface area contributed by atoms with Gasteiger partial charge in [-0.25, -0.2) is 0 Å². The van der Waals surface area contributed by atoms with Gasteiger partial charge in [0.1, 0.15) is 11.5 Å². The van der Waals surface area contributed by atoms with Crippen LogP contribution < -0.4 is 14.8 Å². The fourth-order valence-corrected chi connectivity index (χ4v) is 3.06. The van der Waals surface area contributed by atoms with Gasteiger partial charge in [-0.1, -0.05) is 13.8 Å². The highest BCUT2D eigenvalue weighted by Gasteiger charge is 2.20. The number of ether oxygens (including phenoxy) is 2. The van der Waals surface area contributed by atoms with E-state index in [0.717, 1.165) is 63.3 Å². The van der Waals surface area contributed by atoms with Crippen LogP contribution in [0.2, 0.25) is 0 Å². The number of rotatable bonds is 7. The minimum absolute atomic E-state index is 0.575. The van der Waals surface area contributed by atoms with Crippen LogP contribution in [0, 0.1) is 5.92 Å². The predicted molar refractivity (Wildman–Crippen MR) is 107 cm³/mol. The quantitative estimate of drug-likeness (QED) is 0.596. The van der Waals surface area contributed by atoms with Crippen LogP contribution in [0.3, 0.4) is 0 Å². The average molecular weight is 363 g/mol. The third-order valence-corrected chi connectivity index (χ3v) is 4.49. The van der Waals surface area contributed by atoms with E-state index in [1.54, 1.807) is 14.2 Å². The van der Waals surface area contributed by atoms with Crippen molar-refractivity contribution < 1.29 is 9.47 Å². The van der Waals surface area contributed by atoms with Gasteiger partial charge in [0.2, 0.25) is 0 Å². The molecule has 1 aromatic carbocycles. The zero-order valence-electron chi connectivity index (χ0n) is 16.9. The van der Waals surface area contributed by atoms with Gasteiger partial charge in [0, 0.05) is 51.4 Å². The second kappa shape index (κ2) is 10.3. The molecule has 1 aliphatic heterocycles. The number of nitrogens with one attached hydrogen (secondary N) is 1. The lowest BCUT2D eigenvalue weighted by Crippen LogP contribution is -2.52. The molecule has 6 heteroatoms. The first-order valence-electron chi connectivity index (χ1n) is 9.53. The monoisotopic (exact) mass is 362 g/mol. The Labute approximate surface area is 158 Å². The van der Waals surface area contributed by atoms with Crippen molar-refractivity contribution in [2.24, 2.45) is 10.9 Å². The van der Waals surface area contributed by atoms with E-state index in [4.69, 9.17) is 14.5 Å². The summed E-state index contributed by atoms with van der Waals surface area (Å²) >= 11 is 0. The summed E-state index contributed by atoms with van der Waals surface area (Å²) in [6.45, 7) is 13.1. The Balaban J connectivity index is 1.96. The number of aliphatic imine (C=N–C) groups is 1. The van der Waals surface area contributed by atoms with Crippen LogP contribution in [0.15, 0.2) is 23.2 Å². The Morgan fingerprint density at radius 2 is 1.88 bits per heavy atom. The topological polar surface area (TPSA) is 49.3 Å². The van der Waals surface area contributed by atoms with Crippen LogP contribution in [0.5, 0.6) is 11.5 Å². The van der Waals surface area contributed by atoms with E-state index in [2.05, 4.69) is 42.0 Å². The number of methoxy groups -OCH3 is 2. The van der Waals surface area contributed by atoms with Gasteiger partial charge in [-0.3, -0.25) is 9.89 Å². The van der Waals surface area contributed by atoms with Crippen LogP contribution >= 0.6 is 0 Å². The first-order valence-corrected chi connectivity index (χ1v) is 9.53. The lowest BCUT2D eigenvalue weighted by atomic mass is 10.1. The molecule has 146 valence electrons. The second-order valence-corrected chi connectivity index (χ2v) is 7.03. The molecule has 0 unspecified atom stereocenters. The summed E-state index contributed by atoms with van der Waals surface area (Å²) in [4.78, 5) is 9.60. The van der Waals surface area contributed by atoms with Crippen molar-refractivity contribution in [2.75, 3.05) is 53.5 Å². The van der Waals surface area contributed by atoms with E-state index in [9.17, 15) is 0 Å². The number of piperazine rings is 1. The summed E-state index contributed by atoms with van der Waals surface area (Å²) in [5, 5.41) is 3.43. The number of nitrogens with zero attached hydrogens (tertiary/aromatic N) is 3. The summed E-state index contributed by atoms with van der Waals surface area (Å²) in [7, 11) is 3.42. The highest BCUT2D eigenvalue weighted by atomic mass is 16.5. The highest BCUT2D eigenvalue weighted by molar-refractivity contribution is 5.80. The number of guanidine groups is 1. The molecule has 1 aromatic rings. The SMILES string of the molecule is CCNC(=NCC(C)C)N1CCN(Cc2cc(OC)ccc2OC)CC1. The average Bonchev–Trinajstić information content (AvgIpc) is 2.65. The van der Waals surface area contributed by atoms with Gasteiger partial charge in [0.15, 0.2) is 5.96 Å². The van der Waals surface area contributed by atoms with Gasteiger partial charge in [0.25, 0.3) is 0 Å². The second-order valence-electron chi connectivity index (χ2n) is 7.03. The number of hydrogen-bond donors (Lipinski definition) is 1. The van der Waals surface area contributed by atoms with Crippen LogP contribution in [-0.2, 0) is 6.54 Å². The largest absolute Gasteiger partial charge is 0.497 e. The fraction of sp³-hybridized carbons (Fsp3) is 0.650. The molecular formula is C20H34N4O2. The Morgan fingerprint density at radius 1 is 1.15 bits per heavy atom. The number of benzene rings is 1. The lowest BCUT2D eigenvalue weighted by Gasteiger charge is -2.36. The normalized spacial score (nSPS) is 16.1. The van der Waals surface area contributed by atoms with E-state index in [1.165, 1.54) is 5.56 Å². The standard InChI is InChI=1S/C20H34N4O2/c1-6-21-20(22-14-16(2)3)24-11-9-23(10-12-24)15-17-13-18(25-4)7-8-19(17)26-5/h7-8,13,16H,6,9-12,14-15H2,1-5H3,(H,21,22). The zero-order valence-corrected chi connectivity index (χ0v) is 16.9. The minimum Gasteiger partial charge on any atom is -0.497 e. The van der Waals surface area contributed by atoms with Gasteiger partial charge in [0.05, 0.1) is 14.2 Å². The van der Waals surface area contributed by atoms with Gasteiger partial charge in [-0.05, 0) is 31.0 Å². The molecule has 0 bridgehead atoms. The van der Waals surface area contributed by atoms with E-state index in [0.29, 0.717) is 5.92 Å². The Kier molecular flexibility index (Phi) is 8.04. The molecule has 0 amide bonds. The fourth-order valence-electron chi connectivity index (χ4n) is 3.06. The molecule has 6 nitrogen and oxygen atoms in total. The maximum atomic E-state index is 5.51. The summed E-state index contributed by atoms with van der Waals surface area (Å²) in [5.74, 6) is 3.40. The Bertz CT molecular complexity index is 581. The molecule has 1 saturated heterocycles. The van der Waals surface area contributed by atoms with Crippen LogP contribution in [-0.4, -0.2) is 69.2 Å². The van der Waals surface area contributed by atoms with Crippen molar-refractivity contribution >= 4 is 5.96 Å². The first kappa shape index (κ1) is 20.4. The van der Waals surface area contributed by atoms with Gasteiger partial charge in [-0.2, -0.15) is 0 Å². The van der Waals surface area contributed by atoms with Crippen LogP contribution in [0.4, 0.5) is 0 Å². The molecule has 0 saturated carbocycles. The third kappa shape index (κ3) is 5.80. The summed E-state index contributed by atoms with van der Waals surface area (Å²) in [5.41, 5.74) is 1.17. The van der Waals surface area contributed by atoms with E-state index >= 15 is 0 Å². The molecule has 1 fully saturated rings. The third-order valence-electron chi connectivity index (χ3n) is 4.49. The molecule has 0 aromatic heterocycles. The van der Waals surface area contributed by atoms with Crippen LogP contribution in [0.25, 0.3) is 0 Å². The molecule has 1 N–H and O–H groups in total. The molecule has 0 aliphatic carbocycles. The van der Waals surface area contributed by atoms with Crippen molar-refractivity contribution in [3.63, 3.8) is 0 Å². The molecular weight excluding hydrogens is 328 g/mol. The molecule has 0 spiro atoms. The molecule has 2 rings (SSSR count). The molecule has 1 heterocycles. The number of hydrogen-bond acceptors (Lipinski definition) is 4. The lowest BCUT2D eigenvalue weighted by molar-refractivity contribution is 0.171. The van der Waals surface area contributed by atoms with E-state index < -0.39 is 0 Å². The minimum atomic E-state index is 0.575. The van der Waals surface area contributed by atoms with Crippen molar-refractivity contribution in [3.05, 3.63) is 23.8 Å². The summed E-state index contributed by atoms with van der Waals surface area (Å²) in [6, 6.07) is 5.99. The van der Waals surface area contributed by atoms with Crippen molar-refractivity contribution in [1.82, 2.24) is 15.1 Å². The highest BCUT2D eigenvalue weighted by Crippen LogP contribution is 2.25. The molecule has 26 heavy (non-hydrogen) atoms. The van der Waals surface area contributed by atoms with E-state index in [1.807, 2.05) is 12.1 Å². The summed E-state index contributed by atoms with van der Waals surface area (Å²) in [6.07, 6.45) is 0. The van der Waals surface area contributed by atoms with Gasteiger partial charge in [-0.15, -0.1) is 0 Å². The Hall–Kier alpha value is -1.95. The predicted octanol–water partition coefficient (Wildman–Crippen LogP) is 2.44. The smallest absolute Gasteiger partial charge is 0.194 e. The molecule has 0 atom stereocenters. The van der Waals surface area contributed by atoms with Crippen molar-refractivity contribution in [3.8, 4) is 11.5 Å². The molecule has 1 aliphatic rings. The van der Waals surface area contributed by atoms with E-state index in [-0.39, 0.29) is 0 Å². The summed E-state index contributed by atoms with van der Waals surface area (Å²) < 4.78 is 10.9. The van der Waals surface area contributed by atoms with Crippen LogP contribution in [0.1, 0.15) is 26.3 Å².